The monoisotopic (exact) mass is 425 g/mol. The number of amides is 2. The Balaban J connectivity index is 2.01. The molecule has 162 valence electrons. The molecule has 0 aromatic heterocycles. The molecule has 0 bridgehead atoms. The Morgan fingerprint density at radius 1 is 1.00 bits per heavy atom. The number of hydrogen-bond donors (Lipinski definition) is 0. The van der Waals surface area contributed by atoms with E-state index in [1.165, 1.54) is 19.2 Å². The fraction of sp³-hybridized carbons (Fsp3) is 0.304. The summed E-state index contributed by atoms with van der Waals surface area (Å²) < 4.78 is 15.9. The van der Waals surface area contributed by atoms with Gasteiger partial charge in [-0.25, -0.2) is 4.79 Å². The van der Waals surface area contributed by atoms with E-state index < -0.39 is 29.2 Å². The van der Waals surface area contributed by atoms with E-state index >= 15 is 0 Å². The minimum atomic E-state index is -0.691. The first kappa shape index (κ1) is 22.0. The van der Waals surface area contributed by atoms with Crippen LogP contribution in [0.1, 0.15) is 41.5 Å². The van der Waals surface area contributed by atoms with Crippen molar-refractivity contribution < 1.29 is 33.4 Å². The van der Waals surface area contributed by atoms with Gasteiger partial charge in [-0.05, 0) is 45.0 Å². The Labute approximate surface area is 179 Å². The summed E-state index contributed by atoms with van der Waals surface area (Å²) in [4.78, 5) is 50.9. The molecule has 0 aliphatic carbocycles. The highest BCUT2D eigenvalue weighted by molar-refractivity contribution is 6.27. The molecule has 0 atom stereocenters. The summed E-state index contributed by atoms with van der Waals surface area (Å²) in [5, 5.41) is 0.680. The van der Waals surface area contributed by atoms with Crippen LogP contribution in [0.5, 0.6) is 11.5 Å². The molecule has 8 heteroatoms. The van der Waals surface area contributed by atoms with Gasteiger partial charge in [-0.3, -0.25) is 19.3 Å². The first-order chi connectivity index (χ1) is 14.6. The molecule has 8 nitrogen and oxygen atoms in total. The van der Waals surface area contributed by atoms with E-state index in [4.69, 9.17) is 14.2 Å². The molecule has 3 rings (SSSR count). The summed E-state index contributed by atoms with van der Waals surface area (Å²) in [5.41, 5.74) is -0.183. The van der Waals surface area contributed by atoms with Crippen molar-refractivity contribution in [1.29, 1.82) is 0 Å². The van der Waals surface area contributed by atoms with Crippen molar-refractivity contribution in [2.45, 2.75) is 20.8 Å². The van der Waals surface area contributed by atoms with Crippen LogP contribution in [0.4, 0.5) is 0 Å². The van der Waals surface area contributed by atoms with Crippen molar-refractivity contribution in [3.63, 3.8) is 0 Å². The molecular formula is C23H23NO7. The molecule has 1 aliphatic heterocycles. The molecule has 31 heavy (non-hydrogen) atoms. The Morgan fingerprint density at radius 2 is 1.58 bits per heavy atom. The van der Waals surface area contributed by atoms with Gasteiger partial charge < -0.3 is 14.2 Å². The van der Waals surface area contributed by atoms with Gasteiger partial charge in [0.1, 0.15) is 18.1 Å². The van der Waals surface area contributed by atoms with Gasteiger partial charge in [0.05, 0.1) is 24.5 Å². The standard InChI is InChI=1S/C23H23NO7/c1-6-17(25)31-16-10-8-14-18-13(7-9-15(29-5)19(16)18)20(26)24(21(14)27)11-12-30-22(28)23(2,3)4/h6-10H,1,11-12H2,2-5H3. The molecule has 2 aromatic rings. The molecule has 0 fully saturated rings. The molecule has 0 spiro atoms. The van der Waals surface area contributed by atoms with Gasteiger partial charge in [0, 0.05) is 22.6 Å². The maximum atomic E-state index is 13.1. The first-order valence-electron chi connectivity index (χ1n) is 9.61. The lowest BCUT2D eigenvalue weighted by atomic mass is 9.93. The van der Waals surface area contributed by atoms with Crippen molar-refractivity contribution in [3.8, 4) is 11.5 Å². The lowest BCUT2D eigenvalue weighted by molar-refractivity contribution is -0.153. The second-order valence-electron chi connectivity index (χ2n) is 7.95. The van der Waals surface area contributed by atoms with Gasteiger partial charge in [-0.15, -0.1) is 0 Å². The summed E-state index contributed by atoms with van der Waals surface area (Å²) in [6, 6.07) is 6.07. The Kier molecular flexibility index (Phi) is 5.83. The predicted molar refractivity (Wildman–Crippen MR) is 112 cm³/mol. The van der Waals surface area contributed by atoms with E-state index in [-0.39, 0.29) is 30.0 Å². The third-order valence-corrected chi connectivity index (χ3v) is 4.79. The molecule has 0 saturated heterocycles. The highest BCUT2D eigenvalue weighted by Crippen LogP contribution is 2.41. The largest absolute Gasteiger partial charge is 0.496 e. The van der Waals surface area contributed by atoms with Crippen LogP contribution in [-0.4, -0.2) is 48.9 Å². The molecule has 0 saturated carbocycles. The minimum absolute atomic E-state index is 0.0837. The van der Waals surface area contributed by atoms with Crippen LogP contribution in [0, 0.1) is 5.41 Å². The Hall–Kier alpha value is -3.68. The second kappa shape index (κ2) is 8.22. The second-order valence-corrected chi connectivity index (χ2v) is 7.95. The SMILES string of the molecule is C=CC(=O)Oc1ccc2c3c(ccc(OC)c13)C(=O)N(CCOC(=O)C(C)(C)C)C2=O. The highest BCUT2D eigenvalue weighted by atomic mass is 16.5. The van der Waals surface area contributed by atoms with Crippen LogP contribution in [0.3, 0.4) is 0 Å². The number of methoxy groups -OCH3 is 1. The van der Waals surface area contributed by atoms with E-state index in [0.29, 0.717) is 16.5 Å². The van der Waals surface area contributed by atoms with Crippen LogP contribution >= 0.6 is 0 Å². The van der Waals surface area contributed by atoms with E-state index in [1.54, 1.807) is 32.9 Å². The van der Waals surface area contributed by atoms with Gasteiger partial charge in [-0.2, -0.15) is 0 Å². The summed E-state index contributed by atoms with van der Waals surface area (Å²) in [6.07, 6.45) is 1.01. The number of ether oxygens (including phenoxy) is 3. The number of hydrogen-bond acceptors (Lipinski definition) is 7. The molecule has 1 heterocycles. The van der Waals surface area contributed by atoms with E-state index in [2.05, 4.69) is 6.58 Å². The average Bonchev–Trinajstić information content (AvgIpc) is 2.73. The number of rotatable bonds is 6. The molecule has 2 amide bonds. The number of imide groups is 1. The summed E-state index contributed by atoms with van der Waals surface area (Å²) >= 11 is 0. The molecule has 0 unspecified atom stereocenters. The van der Waals surface area contributed by atoms with Crippen LogP contribution in [-0.2, 0) is 14.3 Å². The van der Waals surface area contributed by atoms with Crippen LogP contribution < -0.4 is 9.47 Å². The Morgan fingerprint density at radius 3 is 2.10 bits per heavy atom. The topological polar surface area (TPSA) is 99.2 Å². The predicted octanol–water partition coefficient (Wildman–Crippen LogP) is 3.13. The number of esters is 2. The van der Waals surface area contributed by atoms with Crippen LogP contribution in [0.15, 0.2) is 36.9 Å². The first-order valence-corrected chi connectivity index (χ1v) is 9.61. The van der Waals surface area contributed by atoms with Crippen molar-refractivity contribution in [1.82, 2.24) is 4.90 Å². The van der Waals surface area contributed by atoms with Gasteiger partial charge in [0.15, 0.2) is 0 Å². The van der Waals surface area contributed by atoms with Crippen LogP contribution in [0.25, 0.3) is 10.8 Å². The number of nitrogens with zero attached hydrogens (tertiary/aromatic N) is 1. The zero-order valence-corrected chi connectivity index (χ0v) is 17.8. The molecular weight excluding hydrogens is 402 g/mol. The maximum absolute atomic E-state index is 13.1. The summed E-state index contributed by atoms with van der Waals surface area (Å²) in [7, 11) is 1.44. The zero-order valence-electron chi connectivity index (χ0n) is 17.8. The highest BCUT2D eigenvalue weighted by Gasteiger charge is 2.35. The third-order valence-electron chi connectivity index (χ3n) is 4.79. The molecule has 2 aromatic carbocycles. The van der Waals surface area contributed by atoms with Crippen LogP contribution in [0.2, 0.25) is 0 Å². The molecule has 0 radical (unpaired) electrons. The maximum Gasteiger partial charge on any atom is 0.335 e. The van der Waals surface area contributed by atoms with Crippen molar-refractivity contribution in [2.75, 3.05) is 20.3 Å². The van der Waals surface area contributed by atoms with Gasteiger partial charge in [-0.1, -0.05) is 6.58 Å². The van der Waals surface area contributed by atoms with Gasteiger partial charge >= 0.3 is 11.9 Å². The quantitative estimate of drug-likeness (QED) is 0.303. The zero-order chi connectivity index (χ0) is 22.9. The lowest BCUT2D eigenvalue weighted by Crippen LogP contribution is -2.42. The van der Waals surface area contributed by atoms with E-state index in [1.807, 2.05) is 0 Å². The van der Waals surface area contributed by atoms with Crippen molar-refractivity contribution in [3.05, 3.63) is 48.0 Å². The Bertz CT molecular complexity index is 1090. The summed E-state index contributed by atoms with van der Waals surface area (Å²) in [6.45, 7) is 8.33. The van der Waals surface area contributed by atoms with E-state index in [9.17, 15) is 19.2 Å². The van der Waals surface area contributed by atoms with Crippen molar-refractivity contribution >= 4 is 34.5 Å². The van der Waals surface area contributed by atoms with E-state index in [0.717, 1.165) is 11.0 Å². The number of benzene rings is 2. The minimum Gasteiger partial charge on any atom is -0.496 e. The smallest absolute Gasteiger partial charge is 0.335 e. The third kappa shape index (κ3) is 4.01. The lowest BCUT2D eigenvalue weighted by Gasteiger charge is -2.28. The summed E-state index contributed by atoms with van der Waals surface area (Å²) in [5.74, 6) is -1.69. The normalized spacial score (nSPS) is 13.2. The fourth-order valence-electron chi connectivity index (χ4n) is 3.23. The van der Waals surface area contributed by atoms with Crippen molar-refractivity contribution in [2.24, 2.45) is 5.41 Å². The molecule has 0 N–H and O–H groups in total. The average molecular weight is 425 g/mol. The molecule has 1 aliphatic rings. The number of carbonyl (C=O) groups is 4. The van der Waals surface area contributed by atoms with Gasteiger partial charge in [0.2, 0.25) is 0 Å². The van der Waals surface area contributed by atoms with Gasteiger partial charge in [0.25, 0.3) is 11.8 Å². The number of carbonyl (C=O) groups excluding carboxylic acids is 4. The fourth-order valence-corrected chi connectivity index (χ4v) is 3.23.